The van der Waals surface area contributed by atoms with Crippen molar-refractivity contribution in [2.75, 3.05) is 26.8 Å². The molecule has 116 valence electrons. The summed E-state index contributed by atoms with van der Waals surface area (Å²) in [7, 11) is 1.78. The molecule has 1 aliphatic rings. The standard InChI is InChI=1S/C16H24N2O3/c1-5-17-14-9-21-15-8-12(6-7-13(14)15)20-10-16(19)18(4)11(2)3/h6-8,11,14,17H,5,9-10H2,1-4H3. The quantitative estimate of drug-likeness (QED) is 0.871. The molecular formula is C16H24N2O3. The van der Waals surface area contributed by atoms with Crippen LogP contribution in [0.3, 0.4) is 0 Å². The van der Waals surface area contributed by atoms with Crippen LogP contribution in [0.25, 0.3) is 0 Å². The molecule has 5 nitrogen and oxygen atoms in total. The van der Waals surface area contributed by atoms with E-state index in [1.807, 2.05) is 32.0 Å². The van der Waals surface area contributed by atoms with Gasteiger partial charge in [0.25, 0.3) is 5.91 Å². The maximum Gasteiger partial charge on any atom is 0.260 e. The van der Waals surface area contributed by atoms with Crippen molar-refractivity contribution in [1.29, 1.82) is 0 Å². The highest BCUT2D eigenvalue weighted by Crippen LogP contribution is 2.35. The van der Waals surface area contributed by atoms with Crippen molar-refractivity contribution in [3.63, 3.8) is 0 Å². The summed E-state index contributed by atoms with van der Waals surface area (Å²) >= 11 is 0. The molecule has 0 radical (unpaired) electrons. The molecule has 0 saturated carbocycles. The van der Waals surface area contributed by atoms with E-state index in [0.29, 0.717) is 12.4 Å². The normalized spacial score (nSPS) is 16.5. The molecule has 0 aliphatic carbocycles. The molecule has 1 heterocycles. The van der Waals surface area contributed by atoms with Gasteiger partial charge in [0.15, 0.2) is 6.61 Å². The second-order valence-electron chi connectivity index (χ2n) is 5.51. The number of fused-ring (bicyclic) bond motifs is 1. The Morgan fingerprint density at radius 1 is 1.52 bits per heavy atom. The van der Waals surface area contributed by atoms with Crippen molar-refractivity contribution >= 4 is 5.91 Å². The van der Waals surface area contributed by atoms with Gasteiger partial charge in [-0.25, -0.2) is 0 Å². The van der Waals surface area contributed by atoms with E-state index in [1.54, 1.807) is 11.9 Å². The van der Waals surface area contributed by atoms with E-state index in [4.69, 9.17) is 9.47 Å². The van der Waals surface area contributed by atoms with Gasteiger partial charge in [-0.2, -0.15) is 0 Å². The Balaban J connectivity index is 1.96. The zero-order valence-electron chi connectivity index (χ0n) is 13.2. The fraction of sp³-hybridized carbons (Fsp3) is 0.562. The first-order valence-electron chi connectivity index (χ1n) is 7.41. The van der Waals surface area contributed by atoms with Crippen molar-refractivity contribution in [3.05, 3.63) is 23.8 Å². The van der Waals surface area contributed by atoms with Crippen LogP contribution in [0.5, 0.6) is 11.5 Å². The number of benzene rings is 1. The Bertz CT molecular complexity index is 502. The average molecular weight is 292 g/mol. The smallest absolute Gasteiger partial charge is 0.260 e. The third-order valence-electron chi connectivity index (χ3n) is 3.75. The van der Waals surface area contributed by atoms with Gasteiger partial charge in [-0.1, -0.05) is 6.92 Å². The van der Waals surface area contributed by atoms with Crippen molar-refractivity contribution in [2.24, 2.45) is 0 Å². The molecule has 1 aromatic carbocycles. The number of rotatable bonds is 6. The average Bonchev–Trinajstić information content (AvgIpc) is 2.86. The minimum atomic E-state index is -0.0306. The molecule has 1 amide bonds. The molecule has 0 fully saturated rings. The number of ether oxygens (including phenoxy) is 2. The predicted octanol–water partition coefficient (Wildman–Crippen LogP) is 1.98. The lowest BCUT2D eigenvalue weighted by atomic mass is 10.1. The summed E-state index contributed by atoms with van der Waals surface area (Å²) in [4.78, 5) is 13.6. The van der Waals surface area contributed by atoms with Gasteiger partial charge >= 0.3 is 0 Å². The first-order valence-corrected chi connectivity index (χ1v) is 7.41. The first-order chi connectivity index (χ1) is 10.0. The van der Waals surface area contributed by atoms with Crippen LogP contribution in [-0.4, -0.2) is 43.7 Å². The van der Waals surface area contributed by atoms with Gasteiger partial charge in [0, 0.05) is 24.7 Å². The van der Waals surface area contributed by atoms with Gasteiger partial charge in [0.2, 0.25) is 0 Å². The van der Waals surface area contributed by atoms with Gasteiger partial charge in [-0.15, -0.1) is 0 Å². The lowest BCUT2D eigenvalue weighted by molar-refractivity contribution is -0.133. The molecule has 0 bridgehead atoms. The zero-order valence-corrected chi connectivity index (χ0v) is 13.2. The van der Waals surface area contributed by atoms with Crippen LogP contribution in [-0.2, 0) is 4.79 Å². The monoisotopic (exact) mass is 292 g/mol. The Hall–Kier alpha value is -1.75. The summed E-state index contributed by atoms with van der Waals surface area (Å²) < 4.78 is 11.2. The van der Waals surface area contributed by atoms with Gasteiger partial charge in [0.05, 0.1) is 6.04 Å². The molecule has 1 atom stereocenters. The topological polar surface area (TPSA) is 50.8 Å². The SMILES string of the molecule is CCNC1COc2cc(OCC(=O)N(C)C(C)C)ccc21. The molecule has 1 N–H and O–H groups in total. The number of nitrogens with one attached hydrogen (secondary N) is 1. The Kier molecular flexibility index (Phi) is 5.07. The largest absolute Gasteiger partial charge is 0.491 e. The second-order valence-corrected chi connectivity index (χ2v) is 5.51. The molecule has 1 aliphatic heterocycles. The van der Waals surface area contributed by atoms with E-state index in [2.05, 4.69) is 12.2 Å². The van der Waals surface area contributed by atoms with E-state index in [1.165, 1.54) is 0 Å². The third kappa shape index (κ3) is 3.67. The summed E-state index contributed by atoms with van der Waals surface area (Å²) in [5.41, 5.74) is 1.15. The maximum atomic E-state index is 11.9. The molecule has 1 aromatic rings. The lowest BCUT2D eigenvalue weighted by Gasteiger charge is -2.21. The van der Waals surface area contributed by atoms with Crippen LogP contribution in [0.15, 0.2) is 18.2 Å². The maximum absolute atomic E-state index is 11.9. The van der Waals surface area contributed by atoms with Crippen molar-refractivity contribution < 1.29 is 14.3 Å². The van der Waals surface area contributed by atoms with Crippen LogP contribution in [0.1, 0.15) is 32.4 Å². The summed E-state index contributed by atoms with van der Waals surface area (Å²) in [6.45, 7) is 7.61. The Labute approximate surface area is 126 Å². The highest BCUT2D eigenvalue weighted by atomic mass is 16.5. The predicted molar refractivity (Wildman–Crippen MR) is 81.8 cm³/mol. The number of hydrogen-bond acceptors (Lipinski definition) is 4. The minimum absolute atomic E-state index is 0.0306. The fourth-order valence-electron chi connectivity index (χ4n) is 2.23. The lowest BCUT2D eigenvalue weighted by Crippen LogP contribution is -2.36. The van der Waals surface area contributed by atoms with Crippen molar-refractivity contribution in [1.82, 2.24) is 10.2 Å². The van der Waals surface area contributed by atoms with Crippen molar-refractivity contribution in [2.45, 2.75) is 32.9 Å². The summed E-state index contributed by atoms with van der Waals surface area (Å²) in [5, 5.41) is 3.37. The molecule has 0 spiro atoms. The summed E-state index contributed by atoms with van der Waals surface area (Å²) in [6.07, 6.45) is 0. The fourth-order valence-corrected chi connectivity index (χ4v) is 2.23. The zero-order chi connectivity index (χ0) is 15.4. The van der Waals surface area contributed by atoms with E-state index in [9.17, 15) is 4.79 Å². The van der Waals surface area contributed by atoms with Crippen LogP contribution in [0.4, 0.5) is 0 Å². The van der Waals surface area contributed by atoms with Crippen LogP contribution in [0, 0.1) is 0 Å². The number of hydrogen-bond donors (Lipinski definition) is 1. The molecule has 0 saturated heterocycles. The van der Waals surface area contributed by atoms with Gasteiger partial charge in [0.1, 0.15) is 18.1 Å². The number of amides is 1. The number of carbonyl (C=O) groups excluding carboxylic acids is 1. The summed E-state index contributed by atoms with van der Waals surface area (Å²) in [5.74, 6) is 1.47. The number of likely N-dealkylation sites (N-methyl/N-ethyl adjacent to an activating group) is 2. The second kappa shape index (κ2) is 6.80. The van der Waals surface area contributed by atoms with Gasteiger partial charge in [-0.3, -0.25) is 4.79 Å². The minimum Gasteiger partial charge on any atom is -0.491 e. The van der Waals surface area contributed by atoms with E-state index in [0.717, 1.165) is 17.9 Å². The Morgan fingerprint density at radius 3 is 2.95 bits per heavy atom. The number of carbonyl (C=O) groups is 1. The summed E-state index contributed by atoms with van der Waals surface area (Å²) in [6, 6.07) is 6.16. The molecule has 21 heavy (non-hydrogen) atoms. The molecule has 0 aromatic heterocycles. The van der Waals surface area contributed by atoms with Gasteiger partial charge in [-0.05, 0) is 32.5 Å². The van der Waals surface area contributed by atoms with Gasteiger partial charge < -0.3 is 19.7 Å². The molecule has 2 rings (SSSR count). The number of nitrogens with zero attached hydrogens (tertiary/aromatic N) is 1. The van der Waals surface area contributed by atoms with Crippen molar-refractivity contribution in [3.8, 4) is 11.5 Å². The Morgan fingerprint density at radius 2 is 2.29 bits per heavy atom. The highest BCUT2D eigenvalue weighted by molar-refractivity contribution is 5.77. The van der Waals surface area contributed by atoms with Crippen LogP contribution >= 0.6 is 0 Å². The molecule has 1 unspecified atom stereocenters. The van der Waals surface area contributed by atoms with E-state index < -0.39 is 0 Å². The van der Waals surface area contributed by atoms with E-state index >= 15 is 0 Å². The molecular weight excluding hydrogens is 268 g/mol. The van der Waals surface area contributed by atoms with E-state index in [-0.39, 0.29) is 24.6 Å². The third-order valence-corrected chi connectivity index (χ3v) is 3.75. The van der Waals surface area contributed by atoms with Crippen LogP contribution < -0.4 is 14.8 Å². The molecule has 5 heteroatoms. The van der Waals surface area contributed by atoms with Crippen LogP contribution in [0.2, 0.25) is 0 Å². The first kappa shape index (κ1) is 15.6. The highest BCUT2D eigenvalue weighted by Gasteiger charge is 2.23.